The summed E-state index contributed by atoms with van der Waals surface area (Å²) >= 11 is 1.43. The molecular formula is C20H20F2N2O2S. The summed E-state index contributed by atoms with van der Waals surface area (Å²) in [6.07, 6.45) is 1.92. The standard InChI is InChI=1S/C20H20F2N2O2S/c1-2-3-13-24-19(25)17(18(27-24)14-7-5-4-6-8-14)23-15-9-11-16(12-10-15)26-20(21)22/h4-12,20,23H,2-3,13H2,1H3. The van der Waals surface area contributed by atoms with Crippen LogP contribution in [0.4, 0.5) is 20.2 Å². The monoisotopic (exact) mass is 390 g/mol. The van der Waals surface area contributed by atoms with Gasteiger partial charge in [-0.15, -0.1) is 0 Å². The normalized spacial score (nSPS) is 11.0. The van der Waals surface area contributed by atoms with Gasteiger partial charge in [0.25, 0.3) is 5.56 Å². The van der Waals surface area contributed by atoms with Gasteiger partial charge in [-0.3, -0.25) is 8.75 Å². The maximum Gasteiger partial charge on any atom is 0.387 e. The van der Waals surface area contributed by atoms with Gasteiger partial charge < -0.3 is 10.1 Å². The van der Waals surface area contributed by atoms with Gasteiger partial charge in [-0.25, -0.2) is 0 Å². The van der Waals surface area contributed by atoms with Crippen LogP contribution in [0, 0.1) is 0 Å². The number of hydrogen-bond donors (Lipinski definition) is 1. The molecule has 4 nitrogen and oxygen atoms in total. The summed E-state index contributed by atoms with van der Waals surface area (Å²) in [5.74, 6) is 0.0736. The number of nitrogens with zero attached hydrogens (tertiary/aromatic N) is 1. The first-order valence-corrected chi connectivity index (χ1v) is 9.47. The van der Waals surface area contributed by atoms with E-state index >= 15 is 0 Å². The molecule has 1 aromatic heterocycles. The fourth-order valence-electron chi connectivity index (χ4n) is 2.63. The molecule has 1 heterocycles. The number of nitrogens with one attached hydrogen (secondary N) is 1. The van der Waals surface area contributed by atoms with Gasteiger partial charge in [0, 0.05) is 12.2 Å². The van der Waals surface area contributed by atoms with Crippen molar-refractivity contribution in [3.63, 3.8) is 0 Å². The molecule has 0 aliphatic carbocycles. The second kappa shape index (κ2) is 8.81. The second-order valence-electron chi connectivity index (χ2n) is 5.95. The lowest BCUT2D eigenvalue weighted by Gasteiger charge is -2.08. The molecular weight excluding hydrogens is 370 g/mol. The number of hydrogen-bond acceptors (Lipinski definition) is 4. The Morgan fingerprint density at radius 3 is 2.44 bits per heavy atom. The number of benzene rings is 2. The van der Waals surface area contributed by atoms with Gasteiger partial charge in [-0.2, -0.15) is 8.78 Å². The number of aryl methyl sites for hydroxylation is 1. The Hall–Kier alpha value is -2.67. The topological polar surface area (TPSA) is 43.3 Å². The van der Waals surface area contributed by atoms with E-state index in [1.807, 2.05) is 30.3 Å². The molecule has 27 heavy (non-hydrogen) atoms. The van der Waals surface area contributed by atoms with Crippen molar-refractivity contribution in [1.82, 2.24) is 3.96 Å². The SMILES string of the molecule is CCCCn1sc(-c2ccccc2)c(Nc2ccc(OC(F)F)cc2)c1=O. The smallest absolute Gasteiger partial charge is 0.387 e. The highest BCUT2D eigenvalue weighted by atomic mass is 32.1. The van der Waals surface area contributed by atoms with Crippen molar-refractivity contribution in [2.45, 2.75) is 32.9 Å². The van der Waals surface area contributed by atoms with Crippen molar-refractivity contribution in [3.8, 4) is 16.2 Å². The van der Waals surface area contributed by atoms with Crippen LogP contribution >= 0.6 is 11.5 Å². The van der Waals surface area contributed by atoms with Crippen molar-refractivity contribution >= 4 is 22.9 Å². The van der Waals surface area contributed by atoms with Gasteiger partial charge in [0.1, 0.15) is 11.4 Å². The highest BCUT2D eigenvalue weighted by Gasteiger charge is 2.17. The highest BCUT2D eigenvalue weighted by Crippen LogP contribution is 2.33. The third-order valence-electron chi connectivity index (χ3n) is 3.97. The maximum absolute atomic E-state index is 12.9. The number of ether oxygens (including phenoxy) is 1. The van der Waals surface area contributed by atoms with Crippen LogP contribution in [0.25, 0.3) is 10.4 Å². The first kappa shape index (κ1) is 19.1. The number of aromatic nitrogens is 1. The summed E-state index contributed by atoms with van der Waals surface area (Å²) in [6.45, 7) is -0.113. The Balaban J connectivity index is 1.93. The molecule has 0 saturated carbocycles. The van der Waals surface area contributed by atoms with Gasteiger partial charge in [0.2, 0.25) is 0 Å². The fourth-order valence-corrected chi connectivity index (χ4v) is 3.71. The average molecular weight is 390 g/mol. The predicted molar refractivity (Wildman–Crippen MR) is 105 cm³/mol. The second-order valence-corrected chi connectivity index (χ2v) is 6.98. The first-order chi connectivity index (χ1) is 13.1. The number of alkyl halides is 2. The molecule has 0 atom stereocenters. The molecule has 3 rings (SSSR count). The van der Waals surface area contributed by atoms with Gasteiger partial charge in [-0.1, -0.05) is 55.2 Å². The van der Waals surface area contributed by atoms with E-state index in [9.17, 15) is 13.6 Å². The van der Waals surface area contributed by atoms with Gasteiger partial charge in [-0.05, 0) is 36.2 Å². The molecule has 7 heteroatoms. The quantitative estimate of drug-likeness (QED) is 0.535. The zero-order valence-electron chi connectivity index (χ0n) is 14.8. The van der Waals surface area contributed by atoms with E-state index < -0.39 is 6.61 Å². The van der Waals surface area contributed by atoms with Crippen LogP contribution in [-0.4, -0.2) is 10.6 Å². The molecule has 0 aliphatic heterocycles. The minimum atomic E-state index is -2.86. The van der Waals surface area contributed by atoms with Crippen molar-refractivity contribution in [1.29, 1.82) is 0 Å². The van der Waals surface area contributed by atoms with Gasteiger partial charge in [0.05, 0.1) is 4.88 Å². The molecule has 0 bridgehead atoms. The lowest BCUT2D eigenvalue weighted by molar-refractivity contribution is -0.0498. The third kappa shape index (κ3) is 4.74. The maximum atomic E-state index is 12.9. The van der Waals surface area contributed by atoms with Crippen LogP contribution in [0.15, 0.2) is 59.4 Å². The molecule has 0 amide bonds. The Bertz CT molecular complexity index is 921. The molecule has 0 fully saturated rings. The summed E-state index contributed by atoms with van der Waals surface area (Å²) in [7, 11) is 0. The Morgan fingerprint density at radius 1 is 1.11 bits per heavy atom. The largest absolute Gasteiger partial charge is 0.435 e. The van der Waals surface area contributed by atoms with E-state index in [4.69, 9.17) is 0 Å². The van der Waals surface area contributed by atoms with Gasteiger partial charge in [0.15, 0.2) is 0 Å². The molecule has 3 aromatic rings. The van der Waals surface area contributed by atoms with Crippen molar-refractivity contribution < 1.29 is 13.5 Å². The Labute approximate surface area is 160 Å². The van der Waals surface area contributed by atoms with E-state index in [2.05, 4.69) is 17.0 Å². The summed E-state index contributed by atoms with van der Waals surface area (Å²) < 4.78 is 30.7. The zero-order chi connectivity index (χ0) is 19.2. The summed E-state index contributed by atoms with van der Waals surface area (Å²) in [6, 6.07) is 15.8. The summed E-state index contributed by atoms with van der Waals surface area (Å²) in [4.78, 5) is 13.7. The Kier molecular flexibility index (Phi) is 6.24. The average Bonchev–Trinajstić information content (AvgIpc) is 2.98. The predicted octanol–water partition coefficient (Wildman–Crippen LogP) is 5.72. The molecule has 0 saturated heterocycles. The minimum absolute atomic E-state index is 0.0736. The molecule has 142 valence electrons. The molecule has 0 unspecified atom stereocenters. The number of halogens is 2. The summed E-state index contributed by atoms with van der Waals surface area (Å²) in [5.41, 5.74) is 1.99. The van der Waals surface area contributed by atoms with Crippen LogP contribution in [0.1, 0.15) is 19.8 Å². The Morgan fingerprint density at radius 2 is 1.81 bits per heavy atom. The van der Waals surface area contributed by atoms with Crippen molar-refractivity contribution in [2.75, 3.05) is 5.32 Å². The first-order valence-electron chi connectivity index (χ1n) is 8.70. The van der Waals surface area contributed by atoms with Crippen LogP contribution in [0.3, 0.4) is 0 Å². The molecule has 0 spiro atoms. The number of unbranched alkanes of at least 4 members (excludes halogenated alkanes) is 1. The van der Waals surface area contributed by atoms with Gasteiger partial charge >= 0.3 is 6.61 Å². The van der Waals surface area contributed by atoms with Crippen LogP contribution in [-0.2, 0) is 6.54 Å². The van der Waals surface area contributed by atoms with E-state index in [0.717, 1.165) is 23.3 Å². The van der Waals surface area contributed by atoms with E-state index in [1.54, 1.807) is 16.1 Å². The molecule has 1 N–H and O–H groups in total. The molecule has 0 radical (unpaired) electrons. The van der Waals surface area contributed by atoms with Crippen molar-refractivity contribution in [2.24, 2.45) is 0 Å². The van der Waals surface area contributed by atoms with E-state index in [1.165, 1.54) is 23.7 Å². The van der Waals surface area contributed by atoms with Crippen molar-refractivity contribution in [3.05, 3.63) is 65.0 Å². The van der Waals surface area contributed by atoms with E-state index in [0.29, 0.717) is 17.9 Å². The number of anilines is 2. The van der Waals surface area contributed by atoms with Crippen LogP contribution in [0.2, 0.25) is 0 Å². The fraction of sp³-hybridized carbons (Fsp3) is 0.250. The number of rotatable bonds is 8. The lowest BCUT2D eigenvalue weighted by atomic mass is 10.1. The third-order valence-corrected chi connectivity index (χ3v) is 5.16. The minimum Gasteiger partial charge on any atom is -0.435 e. The molecule has 0 aliphatic rings. The zero-order valence-corrected chi connectivity index (χ0v) is 15.6. The van der Waals surface area contributed by atoms with E-state index in [-0.39, 0.29) is 11.3 Å². The van der Waals surface area contributed by atoms with Crippen LogP contribution in [0.5, 0.6) is 5.75 Å². The van der Waals surface area contributed by atoms with Crippen LogP contribution < -0.4 is 15.6 Å². The summed E-state index contributed by atoms with van der Waals surface area (Å²) in [5, 5.41) is 3.15. The lowest BCUT2D eigenvalue weighted by Crippen LogP contribution is -2.16. The highest BCUT2D eigenvalue weighted by molar-refractivity contribution is 7.10. The molecule has 2 aromatic carbocycles.